The van der Waals surface area contributed by atoms with Gasteiger partial charge >= 0.3 is 6.18 Å². The standard InChI is InChI=1S/C17H14F3N3O2/c18-17(19,20)14-7-6-11(10-21-14)16(25)22-12-3-1-4-13(9-12)23-8-2-5-15(23)24/h1,3-4,6-7,9-10H,2,5,8H2,(H,22,25). The second-order valence-electron chi connectivity index (χ2n) is 5.58. The van der Waals surface area contributed by atoms with Gasteiger partial charge in [-0.2, -0.15) is 13.2 Å². The molecule has 1 N–H and O–H groups in total. The molecule has 1 saturated heterocycles. The van der Waals surface area contributed by atoms with Gasteiger partial charge in [-0.25, -0.2) is 0 Å². The van der Waals surface area contributed by atoms with E-state index in [0.29, 0.717) is 24.3 Å². The second-order valence-corrected chi connectivity index (χ2v) is 5.58. The number of aromatic nitrogens is 1. The number of carbonyl (C=O) groups is 2. The number of hydrogen-bond acceptors (Lipinski definition) is 3. The van der Waals surface area contributed by atoms with Crippen molar-refractivity contribution < 1.29 is 22.8 Å². The molecule has 2 heterocycles. The average Bonchev–Trinajstić information content (AvgIpc) is 3.00. The van der Waals surface area contributed by atoms with E-state index in [1.54, 1.807) is 29.2 Å². The third kappa shape index (κ3) is 3.78. The summed E-state index contributed by atoms with van der Waals surface area (Å²) in [6.45, 7) is 0.624. The predicted molar refractivity (Wildman–Crippen MR) is 85.2 cm³/mol. The number of hydrogen-bond donors (Lipinski definition) is 1. The maximum atomic E-state index is 12.5. The van der Waals surface area contributed by atoms with Crippen LogP contribution in [-0.4, -0.2) is 23.3 Å². The second kappa shape index (κ2) is 6.54. The third-order valence-electron chi connectivity index (χ3n) is 3.81. The summed E-state index contributed by atoms with van der Waals surface area (Å²) in [5, 5.41) is 2.60. The molecule has 1 aromatic carbocycles. The van der Waals surface area contributed by atoms with E-state index in [2.05, 4.69) is 10.3 Å². The number of nitrogens with one attached hydrogen (secondary N) is 1. The highest BCUT2D eigenvalue weighted by Crippen LogP contribution is 2.27. The van der Waals surface area contributed by atoms with E-state index in [9.17, 15) is 22.8 Å². The zero-order valence-corrected chi connectivity index (χ0v) is 13.0. The fraction of sp³-hybridized carbons (Fsp3) is 0.235. The van der Waals surface area contributed by atoms with Crippen molar-refractivity contribution in [3.05, 3.63) is 53.9 Å². The van der Waals surface area contributed by atoms with Crippen LogP contribution in [0.1, 0.15) is 28.9 Å². The lowest BCUT2D eigenvalue weighted by molar-refractivity contribution is -0.141. The Hall–Kier alpha value is -2.90. The van der Waals surface area contributed by atoms with Gasteiger partial charge in [-0.3, -0.25) is 14.6 Å². The Labute approximate surface area is 141 Å². The maximum Gasteiger partial charge on any atom is 0.433 e. The molecule has 5 nitrogen and oxygen atoms in total. The summed E-state index contributed by atoms with van der Waals surface area (Å²) in [6.07, 6.45) is -2.39. The van der Waals surface area contributed by atoms with Crippen LogP contribution in [0.15, 0.2) is 42.6 Å². The van der Waals surface area contributed by atoms with Gasteiger partial charge in [0.25, 0.3) is 5.91 Å². The monoisotopic (exact) mass is 349 g/mol. The highest BCUT2D eigenvalue weighted by atomic mass is 19.4. The van der Waals surface area contributed by atoms with Crippen molar-refractivity contribution in [2.45, 2.75) is 19.0 Å². The van der Waals surface area contributed by atoms with Crippen LogP contribution in [0.3, 0.4) is 0 Å². The van der Waals surface area contributed by atoms with Gasteiger partial charge in [-0.15, -0.1) is 0 Å². The molecule has 0 unspecified atom stereocenters. The Morgan fingerprint density at radius 2 is 2.00 bits per heavy atom. The minimum Gasteiger partial charge on any atom is -0.322 e. The molecule has 1 aliphatic heterocycles. The van der Waals surface area contributed by atoms with Crippen molar-refractivity contribution in [3.8, 4) is 0 Å². The number of anilines is 2. The summed E-state index contributed by atoms with van der Waals surface area (Å²) >= 11 is 0. The van der Waals surface area contributed by atoms with Gasteiger partial charge in [-0.05, 0) is 36.8 Å². The van der Waals surface area contributed by atoms with Crippen LogP contribution in [0.2, 0.25) is 0 Å². The summed E-state index contributed by atoms with van der Waals surface area (Å²) in [5.74, 6) is -0.554. The molecule has 25 heavy (non-hydrogen) atoms. The number of halogens is 3. The molecule has 0 aliphatic carbocycles. The molecule has 0 radical (unpaired) electrons. The number of benzene rings is 1. The molecule has 130 valence electrons. The van der Waals surface area contributed by atoms with Crippen LogP contribution in [-0.2, 0) is 11.0 Å². The Bertz CT molecular complexity index is 804. The first-order chi connectivity index (χ1) is 11.8. The summed E-state index contributed by atoms with van der Waals surface area (Å²) < 4.78 is 37.5. The molecule has 0 saturated carbocycles. The summed E-state index contributed by atoms with van der Waals surface area (Å²) in [4.78, 5) is 28.8. The number of carbonyl (C=O) groups excluding carboxylic acids is 2. The van der Waals surface area contributed by atoms with Gasteiger partial charge in [0.1, 0.15) is 5.69 Å². The molecular weight excluding hydrogens is 335 g/mol. The zero-order chi connectivity index (χ0) is 18.0. The largest absolute Gasteiger partial charge is 0.433 e. The smallest absolute Gasteiger partial charge is 0.322 e. The number of alkyl halides is 3. The number of amides is 2. The van der Waals surface area contributed by atoms with Gasteiger partial charge in [-0.1, -0.05) is 6.07 Å². The topological polar surface area (TPSA) is 62.3 Å². The molecule has 8 heteroatoms. The number of pyridine rings is 1. The molecule has 0 atom stereocenters. The molecule has 3 rings (SSSR count). The summed E-state index contributed by atoms with van der Waals surface area (Å²) in [6, 6.07) is 8.57. The number of nitrogens with zero attached hydrogens (tertiary/aromatic N) is 2. The predicted octanol–water partition coefficient (Wildman–Crippen LogP) is 3.48. The van der Waals surface area contributed by atoms with Crippen molar-refractivity contribution >= 4 is 23.2 Å². The fourth-order valence-electron chi connectivity index (χ4n) is 2.57. The molecule has 1 aliphatic rings. The van der Waals surface area contributed by atoms with E-state index < -0.39 is 17.8 Å². The van der Waals surface area contributed by atoms with E-state index in [1.165, 1.54) is 0 Å². The first kappa shape index (κ1) is 16.9. The average molecular weight is 349 g/mol. The third-order valence-corrected chi connectivity index (χ3v) is 3.81. The van der Waals surface area contributed by atoms with Crippen molar-refractivity contribution in [2.24, 2.45) is 0 Å². The first-order valence-corrected chi connectivity index (χ1v) is 7.59. The SMILES string of the molecule is O=C(Nc1cccc(N2CCCC2=O)c1)c1ccc(C(F)(F)F)nc1. The minimum atomic E-state index is -4.55. The lowest BCUT2D eigenvalue weighted by Crippen LogP contribution is -2.23. The Balaban J connectivity index is 1.74. The highest BCUT2D eigenvalue weighted by Gasteiger charge is 2.32. The molecule has 1 aromatic heterocycles. The van der Waals surface area contributed by atoms with Gasteiger partial charge in [0.15, 0.2) is 0 Å². The van der Waals surface area contributed by atoms with Gasteiger partial charge in [0.05, 0.1) is 5.56 Å². The molecule has 0 bridgehead atoms. The van der Waals surface area contributed by atoms with Crippen LogP contribution in [0, 0.1) is 0 Å². The van der Waals surface area contributed by atoms with Crippen LogP contribution in [0.25, 0.3) is 0 Å². The van der Waals surface area contributed by atoms with Crippen LogP contribution < -0.4 is 10.2 Å². The van der Waals surface area contributed by atoms with Gasteiger partial charge < -0.3 is 10.2 Å². The van der Waals surface area contributed by atoms with E-state index in [0.717, 1.165) is 24.8 Å². The van der Waals surface area contributed by atoms with Crippen LogP contribution in [0.4, 0.5) is 24.5 Å². The van der Waals surface area contributed by atoms with Crippen molar-refractivity contribution in [1.82, 2.24) is 4.98 Å². The summed E-state index contributed by atoms with van der Waals surface area (Å²) in [7, 11) is 0. The number of rotatable bonds is 3. The van der Waals surface area contributed by atoms with Gasteiger partial charge in [0, 0.05) is 30.5 Å². The van der Waals surface area contributed by atoms with E-state index in [1.807, 2.05) is 0 Å². The minimum absolute atomic E-state index is 0.00986. The Morgan fingerprint density at radius 3 is 2.60 bits per heavy atom. The fourth-order valence-corrected chi connectivity index (χ4v) is 2.57. The van der Waals surface area contributed by atoms with Crippen LogP contribution in [0.5, 0.6) is 0 Å². The van der Waals surface area contributed by atoms with E-state index in [4.69, 9.17) is 0 Å². The van der Waals surface area contributed by atoms with Crippen LogP contribution >= 0.6 is 0 Å². The Kier molecular flexibility index (Phi) is 4.43. The molecule has 0 spiro atoms. The normalized spacial score (nSPS) is 14.7. The Morgan fingerprint density at radius 1 is 1.20 bits per heavy atom. The maximum absolute atomic E-state index is 12.5. The molecule has 2 amide bonds. The first-order valence-electron chi connectivity index (χ1n) is 7.59. The summed E-state index contributed by atoms with van der Waals surface area (Å²) in [5.41, 5.74) is 0.0715. The van der Waals surface area contributed by atoms with Crippen molar-refractivity contribution in [3.63, 3.8) is 0 Å². The van der Waals surface area contributed by atoms with E-state index in [-0.39, 0.29) is 11.5 Å². The van der Waals surface area contributed by atoms with Gasteiger partial charge in [0.2, 0.25) is 5.91 Å². The quantitative estimate of drug-likeness (QED) is 0.923. The van der Waals surface area contributed by atoms with E-state index >= 15 is 0 Å². The molecular formula is C17H14F3N3O2. The lowest BCUT2D eigenvalue weighted by Gasteiger charge is -2.16. The molecule has 2 aromatic rings. The zero-order valence-electron chi connectivity index (χ0n) is 13.0. The van der Waals surface area contributed by atoms with Crippen molar-refractivity contribution in [2.75, 3.05) is 16.8 Å². The van der Waals surface area contributed by atoms with Crippen molar-refractivity contribution in [1.29, 1.82) is 0 Å². The molecule has 1 fully saturated rings. The highest BCUT2D eigenvalue weighted by molar-refractivity contribution is 6.04. The lowest BCUT2D eigenvalue weighted by atomic mass is 10.2.